The molecule has 3 heterocycles. The van der Waals surface area contributed by atoms with Crippen molar-refractivity contribution in [1.82, 2.24) is 14.7 Å². The van der Waals surface area contributed by atoms with Gasteiger partial charge in [-0.25, -0.2) is 13.5 Å². The fourth-order valence-corrected chi connectivity index (χ4v) is 4.84. The SMILES string of the molecule is N#Cc1ccc(-c2cc(C(=O)N3CCC[C@@H](N)C3)nn2-c2ccc(N3CCCC3)cc2F)cc1F. The van der Waals surface area contributed by atoms with Gasteiger partial charge in [-0.1, -0.05) is 6.07 Å². The summed E-state index contributed by atoms with van der Waals surface area (Å²) in [5, 5.41) is 13.5. The molecule has 9 heteroatoms. The van der Waals surface area contributed by atoms with E-state index in [4.69, 9.17) is 11.0 Å². The number of likely N-dealkylation sites (tertiary alicyclic amines) is 1. The fraction of sp³-hybridized carbons (Fsp3) is 0.346. The molecule has 0 aliphatic carbocycles. The van der Waals surface area contributed by atoms with E-state index in [0.717, 1.165) is 44.5 Å². The van der Waals surface area contributed by atoms with Gasteiger partial charge in [0.2, 0.25) is 0 Å². The molecule has 5 rings (SSSR count). The number of nitriles is 1. The summed E-state index contributed by atoms with van der Waals surface area (Å²) in [5.41, 5.74) is 7.76. The van der Waals surface area contributed by atoms with Crippen LogP contribution in [0.1, 0.15) is 41.7 Å². The van der Waals surface area contributed by atoms with E-state index in [9.17, 15) is 9.18 Å². The Kier molecular flexibility index (Phi) is 6.22. The summed E-state index contributed by atoms with van der Waals surface area (Å²) in [6.07, 6.45) is 3.79. The zero-order valence-corrected chi connectivity index (χ0v) is 19.3. The van der Waals surface area contributed by atoms with Crippen LogP contribution in [0.4, 0.5) is 14.5 Å². The van der Waals surface area contributed by atoms with E-state index >= 15 is 4.39 Å². The van der Waals surface area contributed by atoms with Gasteiger partial charge in [-0.3, -0.25) is 4.79 Å². The summed E-state index contributed by atoms with van der Waals surface area (Å²) in [4.78, 5) is 17.0. The van der Waals surface area contributed by atoms with Gasteiger partial charge in [0.15, 0.2) is 11.5 Å². The van der Waals surface area contributed by atoms with Crippen LogP contribution in [0.25, 0.3) is 16.9 Å². The second kappa shape index (κ2) is 9.47. The van der Waals surface area contributed by atoms with Crippen molar-refractivity contribution in [3.05, 3.63) is 65.4 Å². The predicted octanol–water partition coefficient (Wildman–Crippen LogP) is 3.85. The lowest BCUT2D eigenvalue weighted by Crippen LogP contribution is -2.45. The number of nitrogens with zero attached hydrogens (tertiary/aromatic N) is 5. The van der Waals surface area contributed by atoms with Crippen molar-refractivity contribution in [3.8, 4) is 23.0 Å². The summed E-state index contributed by atoms with van der Waals surface area (Å²) in [7, 11) is 0. The van der Waals surface area contributed by atoms with Crippen molar-refractivity contribution in [3.63, 3.8) is 0 Å². The average Bonchev–Trinajstić information content (AvgIpc) is 3.54. The van der Waals surface area contributed by atoms with E-state index < -0.39 is 11.6 Å². The van der Waals surface area contributed by atoms with Crippen molar-refractivity contribution in [2.45, 2.75) is 31.7 Å². The number of nitrogens with two attached hydrogens (primary N) is 1. The molecule has 2 aliphatic rings. The van der Waals surface area contributed by atoms with Crippen molar-refractivity contribution in [2.24, 2.45) is 5.73 Å². The van der Waals surface area contributed by atoms with E-state index in [1.807, 2.05) is 6.07 Å². The Hall–Kier alpha value is -3.77. The van der Waals surface area contributed by atoms with Crippen molar-refractivity contribution < 1.29 is 13.6 Å². The third-order valence-electron chi connectivity index (χ3n) is 6.69. The largest absolute Gasteiger partial charge is 0.371 e. The molecule has 0 unspecified atom stereocenters. The number of carbonyl (C=O) groups excluding carboxylic acids is 1. The number of anilines is 1. The topological polar surface area (TPSA) is 91.2 Å². The van der Waals surface area contributed by atoms with Gasteiger partial charge in [0.25, 0.3) is 5.91 Å². The maximum atomic E-state index is 15.4. The second-order valence-corrected chi connectivity index (χ2v) is 9.12. The first-order valence-electron chi connectivity index (χ1n) is 11.8. The second-order valence-electron chi connectivity index (χ2n) is 9.12. The van der Waals surface area contributed by atoms with Gasteiger partial charge in [-0.05, 0) is 62.1 Å². The van der Waals surface area contributed by atoms with Gasteiger partial charge in [0.1, 0.15) is 17.6 Å². The third-order valence-corrected chi connectivity index (χ3v) is 6.69. The van der Waals surface area contributed by atoms with Crippen LogP contribution in [-0.2, 0) is 0 Å². The lowest BCUT2D eigenvalue weighted by Gasteiger charge is -2.30. The lowest BCUT2D eigenvalue weighted by atomic mass is 10.1. The molecule has 2 aromatic carbocycles. The maximum absolute atomic E-state index is 15.4. The molecule has 0 radical (unpaired) electrons. The maximum Gasteiger partial charge on any atom is 0.274 e. The molecule has 35 heavy (non-hydrogen) atoms. The highest BCUT2D eigenvalue weighted by Gasteiger charge is 2.27. The number of hydrogen-bond donors (Lipinski definition) is 1. The molecule has 1 atom stereocenters. The van der Waals surface area contributed by atoms with Crippen molar-refractivity contribution in [1.29, 1.82) is 5.26 Å². The molecule has 0 spiro atoms. The lowest BCUT2D eigenvalue weighted by molar-refractivity contribution is 0.0702. The van der Waals surface area contributed by atoms with Crippen LogP contribution < -0.4 is 10.6 Å². The Morgan fingerprint density at radius 3 is 2.51 bits per heavy atom. The highest BCUT2D eigenvalue weighted by Crippen LogP contribution is 2.30. The Morgan fingerprint density at radius 2 is 1.83 bits per heavy atom. The molecular formula is C26H26F2N6O. The van der Waals surface area contributed by atoms with Crippen LogP contribution in [-0.4, -0.2) is 52.8 Å². The molecule has 1 amide bonds. The normalized spacial score (nSPS) is 18.1. The number of halogens is 2. The molecule has 0 bridgehead atoms. The van der Waals surface area contributed by atoms with Crippen LogP contribution in [0.2, 0.25) is 0 Å². The number of benzene rings is 2. The number of piperidine rings is 1. The highest BCUT2D eigenvalue weighted by molar-refractivity contribution is 5.93. The minimum absolute atomic E-state index is 0.0976. The van der Waals surface area contributed by atoms with Crippen molar-refractivity contribution in [2.75, 3.05) is 31.1 Å². The summed E-state index contributed by atoms with van der Waals surface area (Å²) in [5.74, 6) is -1.49. The predicted molar refractivity (Wildman–Crippen MR) is 128 cm³/mol. The molecule has 2 aliphatic heterocycles. The number of hydrogen-bond acceptors (Lipinski definition) is 5. The van der Waals surface area contributed by atoms with Crippen LogP contribution in [0.5, 0.6) is 0 Å². The van der Waals surface area contributed by atoms with Gasteiger partial charge in [0, 0.05) is 43.5 Å². The molecule has 0 saturated carbocycles. The van der Waals surface area contributed by atoms with Gasteiger partial charge in [0.05, 0.1) is 11.3 Å². The summed E-state index contributed by atoms with van der Waals surface area (Å²) in [6, 6.07) is 12.3. The smallest absolute Gasteiger partial charge is 0.274 e. The quantitative estimate of drug-likeness (QED) is 0.618. The minimum atomic E-state index is -0.697. The summed E-state index contributed by atoms with van der Waals surface area (Å²) >= 11 is 0. The van der Waals surface area contributed by atoms with E-state index in [1.54, 1.807) is 23.1 Å². The van der Waals surface area contributed by atoms with E-state index in [2.05, 4.69) is 10.00 Å². The minimum Gasteiger partial charge on any atom is -0.371 e. The first-order chi connectivity index (χ1) is 16.9. The van der Waals surface area contributed by atoms with E-state index in [1.165, 1.54) is 28.9 Å². The number of aromatic nitrogens is 2. The zero-order valence-electron chi connectivity index (χ0n) is 19.3. The zero-order chi connectivity index (χ0) is 24.5. The van der Waals surface area contributed by atoms with Crippen LogP contribution >= 0.6 is 0 Å². The summed E-state index contributed by atoms with van der Waals surface area (Å²) in [6.45, 7) is 2.75. The molecule has 2 saturated heterocycles. The Balaban J connectivity index is 1.58. The Morgan fingerprint density at radius 1 is 1.03 bits per heavy atom. The first kappa shape index (κ1) is 23.0. The van der Waals surface area contributed by atoms with Crippen molar-refractivity contribution >= 4 is 11.6 Å². The molecule has 7 nitrogen and oxygen atoms in total. The molecule has 2 N–H and O–H groups in total. The van der Waals surface area contributed by atoms with E-state index in [0.29, 0.717) is 24.3 Å². The van der Waals surface area contributed by atoms with Crippen LogP contribution in [0, 0.1) is 23.0 Å². The fourth-order valence-electron chi connectivity index (χ4n) is 4.84. The average molecular weight is 477 g/mol. The highest BCUT2D eigenvalue weighted by atomic mass is 19.1. The molecule has 180 valence electrons. The van der Waals surface area contributed by atoms with Crippen LogP contribution in [0.15, 0.2) is 42.5 Å². The van der Waals surface area contributed by atoms with Gasteiger partial charge < -0.3 is 15.5 Å². The van der Waals surface area contributed by atoms with E-state index in [-0.39, 0.29) is 28.9 Å². The molecular weight excluding hydrogens is 450 g/mol. The number of amides is 1. The van der Waals surface area contributed by atoms with Crippen LogP contribution in [0.3, 0.4) is 0 Å². The van der Waals surface area contributed by atoms with Gasteiger partial charge in [-0.15, -0.1) is 0 Å². The molecule has 1 aromatic heterocycles. The monoisotopic (exact) mass is 476 g/mol. The molecule has 2 fully saturated rings. The number of rotatable bonds is 4. The standard InChI is InChI=1S/C26H26F2N6O/c27-21-12-17(5-6-18(21)15-29)25-14-23(26(35)33-11-3-4-19(30)16-33)31-34(25)24-8-7-20(13-22(24)28)32-9-1-2-10-32/h5-8,12-14,19H,1-4,9-11,16,30H2/t19-/m1/s1. The number of carbonyl (C=O) groups is 1. The van der Waals surface area contributed by atoms with Gasteiger partial charge >= 0.3 is 0 Å². The third kappa shape index (κ3) is 4.49. The molecule has 3 aromatic rings. The summed E-state index contributed by atoms with van der Waals surface area (Å²) < 4.78 is 31.2. The Labute approximate surface area is 202 Å². The first-order valence-corrected chi connectivity index (χ1v) is 11.8. The Bertz CT molecular complexity index is 1310. The van der Waals surface area contributed by atoms with Gasteiger partial charge in [-0.2, -0.15) is 10.4 Å².